The van der Waals surface area contributed by atoms with Gasteiger partial charge in [0.2, 0.25) is 17.4 Å². The van der Waals surface area contributed by atoms with E-state index in [4.69, 9.17) is 9.47 Å². The molecule has 2 atom stereocenters. The molecule has 1 N–H and O–H groups in total. The molecule has 0 radical (unpaired) electrons. The first-order valence-electron chi connectivity index (χ1n) is 7.26. The molecular formula is C15H13F2NO5. The molecule has 1 aliphatic carbocycles. The van der Waals surface area contributed by atoms with E-state index in [1.807, 2.05) is 0 Å². The number of carbonyl (C=O) groups is 2. The van der Waals surface area contributed by atoms with Crippen LogP contribution in [-0.2, 0) is 9.59 Å². The van der Waals surface area contributed by atoms with E-state index >= 15 is 0 Å². The Morgan fingerprint density at radius 1 is 1.09 bits per heavy atom. The minimum absolute atomic E-state index is 0.0912. The zero-order valence-corrected chi connectivity index (χ0v) is 11.9. The minimum atomic E-state index is -1.35. The van der Waals surface area contributed by atoms with Crippen LogP contribution in [0.25, 0.3) is 0 Å². The monoisotopic (exact) mass is 325 g/mol. The van der Waals surface area contributed by atoms with E-state index in [-0.39, 0.29) is 24.6 Å². The molecule has 2 heterocycles. The quantitative estimate of drug-likeness (QED) is 0.827. The van der Waals surface area contributed by atoms with Gasteiger partial charge in [-0.05, 0) is 25.0 Å². The molecule has 3 aliphatic rings. The number of carboxylic acid groups (broad SMARTS) is 1. The van der Waals surface area contributed by atoms with Gasteiger partial charge in [-0.25, -0.2) is 8.78 Å². The van der Waals surface area contributed by atoms with Crippen LogP contribution in [0.1, 0.15) is 12.8 Å². The second-order valence-corrected chi connectivity index (χ2v) is 6.10. The SMILES string of the molecule is O=C(O)C1(C(=O)N2C[C@@H]3Oc4c(F)ccc(F)c4O[C@@H]3C2)CC1. The highest BCUT2D eigenvalue weighted by Crippen LogP contribution is 2.48. The Balaban J connectivity index is 1.56. The van der Waals surface area contributed by atoms with E-state index in [1.165, 1.54) is 4.90 Å². The molecule has 0 bridgehead atoms. The van der Waals surface area contributed by atoms with E-state index in [9.17, 15) is 23.5 Å². The van der Waals surface area contributed by atoms with Gasteiger partial charge in [0.15, 0.2) is 23.8 Å². The largest absolute Gasteiger partial charge is 0.480 e. The van der Waals surface area contributed by atoms with E-state index in [1.54, 1.807) is 0 Å². The van der Waals surface area contributed by atoms with Crippen LogP contribution in [0, 0.1) is 17.0 Å². The van der Waals surface area contributed by atoms with Crippen LogP contribution in [0.4, 0.5) is 8.78 Å². The van der Waals surface area contributed by atoms with Crippen LogP contribution in [-0.4, -0.2) is 47.2 Å². The molecular weight excluding hydrogens is 312 g/mol. The molecule has 1 amide bonds. The lowest BCUT2D eigenvalue weighted by Crippen LogP contribution is -2.40. The number of benzene rings is 1. The summed E-state index contributed by atoms with van der Waals surface area (Å²) < 4.78 is 38.4. The van der Waals surface area contributed by atoms with Crippen molar-refractivity contribution >= 4 is 11.9 Å². The lowest BCUT2D eigenvalue weighted by molar-refractivity contribution is -0.153. The first kappa shape index (κ1) is 14.2. The number of carboxylic acids is 1. The maximum atomic E-state index is 13.7. The van der Waals surface area contributed by atoms with Gasteiger partial charge >= 0.3 is 5.97 Å². The molecule has 0 aromatic heterocycles. The van der Waals surface area contributed by atoms with Crippen LogP contribution in [0.2, 0.25) is 0 Å². The van der Waals surface area contributed by atoms with Gasteiger partial charge in [-0.15, -0.1) is 0 Å². The van der Waals surface area contributed by atoms with Crippen molar-refractivity contribution in [1.82, 2.24) is 4.90 Å². The van der Waals surface area contributed by atoms with E-state index < -0.39 is 41.1 Å². The fourth-order valence-corrected chi connectivity index (χ4v) is 3.12. The number of hydrogen-bond donors (Lipinski definition) is 1. The number of rotatable bonds is 2. The van der Waals surface area contributed by atoms with Crippen molar-refractivity contribution < 1.29 is 33.0 Å². The molecule has 8 heteroatoms. The smallest absolute Gasteiger partial charge is 0.319 e. The number of fused-ring (bicyclic) bond motifs is 2. The fraction of sp³-hybridized carbons (Fsp3) is 0.467. The molecule has 0 unspecified atom stereocenters. The first-order chi connectivity index (χ1) is 10.9. The number of nitrogens with zero attached hydrogens (tertiary/aromatic N) is 1. The lowest BCUT2D eigenvalue weighted by atomic mass is 10.1. The average molecular weight is 325 g/mol. The van der Waals surface area contributed by atoms with Crippen molar-refractivity contribution in [2.24, 2.45) is 5.41 Å². The molecule has 122 valence electrons. The third-order valence-electron chi connectivity index (χ3n) is 4.63. The summed E-state index contributed by atoms with van der Waals surface area (Å²) in [4.78, 5) is 25.0. The summed E-state index contributed by atoms with van der Waals surface area (Å²) in [5.41, 5.74) is -1.35. The highest BCUT2D eigenvalue weighted by atomic mass is 19.1. The number of likely N-dealkylation sites (tertiary alicyclic amines) is 1. The Bertz CT molecular complexity index is 679. The normalized spacial score (nSPS) is 26.6. The summed E-state index contributed by atoms with van der Waals surface area (Å²) in [6.45, 7) is 0.182. The summed E-state index contributed by atoms with van der Waals surface area (Å²) in [5, 5.41) is 9.20. The molecule has 1 saturated carbocycles. The summed E-state index contributed by atoms with van der Waals surface area (Å²) in [6, 6.07) is 1.89. The van der Waals surface area contributed by atoms with Gasteiger partial charge in [-0.3, -0.25) is 9.59 Å². The van der Waals surface area contributed by atoms with Crippen LogP contribution in [0.3, 0.4) is 0 Å². The van der Waals surface area contributed by atoms with Crippen LogP contribution >= 0.6 is 0 Å². The Morgan fingerprint density at radius 3 is 1.96 bits per heavy atom. The molecule has 2 fully saturated rings. The number of carbonyl (C=O) groups excluding carboxylic acids is 1. The zero-order chi connectivity index (χ0) is 16.4. The average Bonchev–Trinajstić information content (AvgIpc) is 3.23. The van der Waals surface area contributed by atoms with E-state index in [0.29, 0.717) is 12.8 Å². The van der Waals surface area contributed by atoms with Crippen LogP contribution in [0.5, 0.6) is 11.5 Å². The summed E-state index contributed by atoms with van der Waals surface area (Å²) in [5.74, 6) is -3.72. The van der Waals surface area contributed by atoms with Gasteiger partial charge in [-0.1, -0.05) is 0 Å². The van der Waals surface area contributed by atoms with Crippen LogP contribution < -0.4 is 9.47 Å². The fourth-order valence-electron chi connectivity index (χ4n) is 3.12. The maximum absolute atomic E-state index is 13.7. The molecule has 6 nitrogen and oxygen atoms in total. The van der Waals surface area contributed by atoms with E-state index in [2.05, 4.69) is 0 Å². The van der Waals surface area contributed by atoms with Crippen molar-refractivity contribution in [1.29, 1.82) is 0 Å². The van der Waals surface area contributed by atoms with Crippen molar-refractivity contribution in [3.8, 4) is 11.5 Å². The van der Waals surface area contributed by atoms with Gasteiger partial charge in [-0.2, -0.15) is 0 Å². The van der Waals surface area contributed by atoms with Crippen molar-refractivity contribution in [2.75, 3.05) is 13.1 Å². The van der Waals surface area contributed by atoms with Crippen molar-refractivity contribution in [3.05, 3.63) is 23.8 Å². The second kappa shape index (κ2) is 4.56. The standard InChI is InChI=1S/C15H13F2NO5/c16-7-1-2-8(17)12-11(7)22-9-5-18(6-10(9)23-12)13(19)15(3-4-15)14(20)21/h1-2,9-10H,3-6H2,(H,20,21)/t9-,10+. The third-order valence-corrected chi connectivity index (χ3v) is 4.63. The predicted octanol–water partition coefficient (Wildman–Crippen LogP) is 1.18. The lowest BCUT2D eigenvalue weighted by Gasteiger charge is -2.28. The van der Waals surface area contributed by atoms with Crippen molar-refractivity contribution in [2.45, 2.75) is 25.0 Å². The van der Waals surface area contributed by atoms with Gasteiger partial charge in [0.1, 0.15) is 5.41 Å². The molecule has 0 spiro atoms. The Kier molecular flexibility index (Phi) is 2.82. The van der Waals surface area contributed by atoms with Gasteiger partial charge in [0.05, 0.1) is 13.1 Å². The van der Waals surface area contributed by atoms with Gasteiger partial charge < -0.3 is 19.5 Å². The Hall–Kier alpha value is -2.38. The van der Waals surface area contributed by atoms with E-state index in [0.717, 1.165) is 12.1 Å². The number of aliphatic carboxylic acids is 1. The van der Waals surface area contributed by atoms with Gasteiger partial charge in [0.25, 0.3) is 0 Å². The highest BCUT2D eigenvalue weighted by Gasteiger charge is 2.60. The minimum Gasteiger partial charge on any atom is -0.480 e. The number of amides is 1. The second-order valence-electron chi connectivity index (χ2n) is 6.10. The molecule has 1 aromatic rings. The van der Waals surface area contributed by atoms with Crippen molar-refractivity contribution in [3.63, 3.8) is 0 Å². The topological polar surface area (TPSA) is 76.1 Å². The zero-order valence-electron chi connectivity index (χ0n) is 11.9. The Morgan fingerprint density at radius 2 is 1.57 bits per heavy atom. The van der Waals surface area contributed by atoms with Gasteiger partial charge in [0, 0.05) is 0 Å². The summed E-state index contributed by atoms with van der Waals surface area (Å²) >= 11 is 0. The molecule has 23 heavy (non-hydrogen) atoms. The molecule has 4 rings (SSSR count). The maximum Gasteiger partial charge on any atom is 0.319 e. The third kappa shape index (κ3) is 1.97. The predicted molar refractivity (Wildman–Crippen MR) is 71.1 cm³/mol. The first-order valence-corrected chi connectivity index (χ1v) is 7.26. The van der Waals surface area contributed by atoms with Crippen LogP contribution in [0.15, 0.2) is 12.1 Å². The molecule has 1 aromatic carbocycles. The highest BCUT2D eigenvalue weighted by molar-refractivity contribution is 6.05. The summed E-state index contributed by atoms with van der Waals surface area (Å²) in [7, 11) is 0. The Labute approximate surface area is 129 Å². The number of hydrogen-bond acceptors (Lipinski definition) is 4. The summed E-state index contributed by atoms with van der Waals surface area (Å²) in [6.07, 6.45) is -0.684. The molecule has 2 aliphatic heterocycles. The number of ether oxygens (including phenoxy) is 2. The molecule has 1 saturated heterocycles. The number of halogens is 2.